The molecule has 1 aliphatic rings. The number of carbonyl (C=O) groups excluding carboxylic acids is 1. The summed E-state index contributed by atoms with van der Waals surface area (Å²) in [5.74, 6) is 0.597. The van der Waals surface area contributed by atoms with Crippen LogP contribution in [0.15, 0.2) is 24.3 Å². The topological polar surface area (TPSA) is 53.2 Å². The first-order valence-electron chi connectivity index (χ1n) is 7.50. The molecule has 2 atom stereocenters. The van der Waals surface area contributed by atoms with Crippen LogP contribution in [-0.4, -0.2) is 17.1 Å². The fourth-order valence-electron chi connectivity index (χ4n) is 2.71. The summed E-state index contributed by atoms with van der Waals surface area (Å²) < 4.78 is 0. The van der Waals surface area contributed by atoms with Crippen molar-refractivity contribution >= 4 is 34.6 Å². The highest BCUT2D eigenvalue weighted by atomic mass is 32.1. The van der Waals surface area contributed by atoms with Gasteiger partial charge in [0.2, 0.25) is 5.91 Å². The lowest BCUT2D eigenvalue weighted by molar-refractivity contribution is -0.114. The first-order chi connectivity index (χ1) is 10.0. The summed E-state index contributed by atoms with van der Waals surface area (Å²) >= 11 is 5.38. The Morgan fingerprint density at radius 3 is 2.24 bits per heavy atom. The maximum Gasteiger partial charge on any atom is 0.221 e. The molecule has 1 saturated carbocycles. The molecule has 0 unspecified atom stereocenters. The Bertz CT molecular complexity index is 501. The van der Waals surface area contributed by atoms with Gasteiger partial charge in [0.15, 0.2) is 5.11 Å². The summed E-state index contributed by atoms with van der Waals surface area (Å²) in [4.78, 5) is 11.0. The number of benzene rings is 1. The van der Waals surface area contributed by atoms with E-state index in [4.69, 9.17) is 12.2 Å². The maximum absolute atomic E-state index is 11.0. The van der Waals surface area contributed by atoms with E-state index >= 15 is 0 Å². The lowest BCUT2D eigenvalue weighted by Gasteiger charge is -2.30. The molecule has 0 spiro atoms. The second-order valence-electron chi connectivity index (χ2n) is 5.73. The summed E-state index contributed by atoms with van der Waals surface area (Å²) in [6.07, 6.45) is 5.05. The van der Waals surface area contributed by atoms with Crippen LogP contribution in [0.1, 0.15) is 39.5 Å². The second-order valence-corrected chi connectivity index (χ2v) is 6.13. The molecule has 4 nitrogen and oxygen atoms in total. The Hall–Kier alpha value is -1.62. The third kappa shape index (κ3) is 5.01. The van der Waals surface area contributed by atoms with E-state index in [2.05, 4.69) is 22.9 Å². The molecule has 3 N–H and O–H groups in total. The molecular weight excluding hydrogens is 282 g/mol. The van der Waals surface area contributed by atoms with Crippen molar-refractivity contribution in [3.8, 4) is 0 Å². The highest BCUT2D eigenvalue weighted by molar-refractivity contribution is 7.80. The maximum atomic E-state index is 11.0. The van der Waals surface area contributed by atoms with Crippen LogP contribution in [0, 0.1) is 5.92 Å². The van der Waals surface area contributed by atoms with Crippen LogP contribution in [0.4, 0.5) is 11.4 Å². The van der Waals surface area contributed by atoms with Crippen LogP contribution in [0.25, 0.3) is 0 Å². The van der Waals surface area contributed by atoms with Gasteiger partial charge < -0.3 is 16.0 Å². The lowest BCUT2D eigenvalue weighted by atomic mass is 9.86. The van der Waals surface area contributed by atoms with Crippen LogP contribution >= 0.6 is 12.2 Å². The SMILES string of the molecule is CC(=O)Nc1ccc(NC(=S)N[C@@H]2CCCC[C@@H]2C)cc1. The first-order valence-corrected chi connectivity index (χ1v) is 7.90. The monoisotopic (exact) mass is 305 g/mol. The number of anilines is 2. The van der Waals surface area contributed by atoms with Gasteiger partial charge in [-0.1, -0.05) is 19.8 Å². The smallest absolute Gasteiger partial charge is 0.221 e. The summed E-state index contributed by atoms with van der Waals surface area (Å²) in [7, 11) is 0. The largest absolute Gasteiger partial charge is 0.359 e. The van der Waals surface area contributed by atoms with Crippen LogP contribution in [-0.2, 0) is 4.79 Å². The zero-order valence-corrected chi connectivity index (χ0v) is 13.4. The average molecular weight is 305 g/mol. The molecule has 0 aromatic heterocycles. The summed E-state index contributed by atoms with van der Waals surface area (Å²) in [6, 6.07) is 8.00. The van der Waals surface area contributed by atoms with Crippen molar-refractivity contribution in [2.24, 2.45) is 5.92 Å². The highest BCUT2D eigenvalue weighted by Gasteiger charge is 2.21. The number of rotatable bonds is 3. The summed E-state index contributed by atoms with van der Waals surface area (Å²) in [6.45, 7) is 3.78. The molecule has 1 amide bonds. The van der Waals surface area contributed by atoms with Gasteiger partial charge in [-0.2, -0.15) is 0 Å². The number of hydrogen-bond acceptors (Lipinski definition) is 2. The second kappa shape index (κ2) is 7.41. The van der Waals surface area contributed by atoms with Crippen LogP contribution in [0.2, 0.25) is 0 Å². The van der Waals surface area contributed by atoms with Gasteiger partial charge in [0.1, 0.15) is 0 Å². The van der Waals surface area contributed by atoms with Crippen molar-refractivity contribution in [2.75, 3.05) is 10.6 Å². The summed E-state index contributed by atoms with van der Waals surface area (Å²) in [5, 5.41) is 10.0. The fourth-order valence-corrected chi connectivity index (χ4v) is 2.98. The van der Waals surface area contributed by atoms with Crippen LogP contribution < -0.4 is 16.0 Å². The molecule has 0 heterocycles. The molecule has 1 aromatic rings. The molecule has 0 aliphatic heterocycles. The molecule has 2 rings (SSSR count). The summed E-state index contributed by atoms with van der Waals surface area (Å²) in [5.41, 5.74) is 1.71. The molecule has 1 fully saturated rings. The van der Waals surface area contributed by atoms with Crippen molar-refractivity contribution in [1.29, 1.82) is 0 Å². The van der Waals surface area contributed by atoms with Crippen LogP contribution in [0.3, 0.4) is 0 Å². The van der Waals surface area contributed by atoms with E-state index < -0.39 is 0 Å². The van der Waals surface area contributed by atoms with Gasteiger partial charge in [-0.25, -0.2) is 0 Å². The van der Waals surface area contributed by atoms with Gasteiger partial charge in [-0.15, -0.1) is 0 Å². The van der Waals surface area contributed by atoms with Gasteiger partial charge in [0.05, 0.1) is 0 Å². The standard InChI is InChI=1S/C16H23N3OS/c1-11-5-3-4-6-15(11)19-16(21)18-14-9-7-13(8-10-14)17-12(2)20/h7-11,15H,3-6H2,1-2H3,(H,17,20)(H2,18,19,21)/t11-,15+/m0/s1. The molecule has 0 bridgehead atoms. The fraction of sp³-hybridized carbons (Fsp3) is 0.500. The van der Waals surface area contributed by atoms with Gasteiger partial charge in [-0.05, 0) is 55.2 Å². The predicted molar refractivity (Wildman–Crippen MR) is 91.5 cm³/mol. The predicted octanol–water partition coefficient (Wildman–Crippen LogP) is 3.51. The quantitative estimate of drug-likeness (QED) is 0.748. The Kier molecular flexibility index (Phi) is 5.56. The third-order valence-corrected chi connectivity index (χ3v) is 4.11. The average Bonchev–Trinajstić information content (AvgIpc) is 2.43. The first kappa shape index (κ1) is 15.8. The number of nitrogens with one attached hydrogen (secondary N) is 3. The Morgan fingerprint density at radius 1 is 1.10 bits per heavy atom. The van der Waals surface area contributed by atoms with Gasteiger partial charge in [0.25, 0.3) is 0 Å². The lowest BCUT2D eigenvalue weighted by Crippen LogP contribution is -2.43. The zero-order chi connectivity index (χ0) is 15.2. The van der Waals surface area contributed by atoms with Gasteiger partial charge in [0, 0.05) is 24.3 Å². The molecule has 5 heteroatoms. The van der Waals surface area contributed by atoms with Crippen molar-refractivity contribution in [1.82, 2.24) is 5.32 Å². The van der Waals surface area contributed by atoms with Crippen molar-refractivity contribution in [2.45, 2.75) is 45.6 Å². The Balaban J connectivity index is 1.85. The number of amides is 1. The van der Waals surface area contributed by atoms with Crippen molar-refractivity contribution in [3.63, 3.8) is 0 Å². The minimum Gasteiger partial charge on any atom is -0.359 e. The molecule has 0 saturated heterocycles. The Labute approximate surface area is 131 Å². The van der Waals surface area contributed by atoms with Gasteiger partial charge in [-0.3, -0.25) is 4.79 Å². The van der Waals surface area contributed by atoms with Gasteiger partial charge >= 0.3 is 0 Å². The van der Waals surface area contributed by atoms with E-state index in [1.807, 2.05) is 24.3 Å². The van der Waals surface area contributed by atoms with E-state index in [0.29, 0.717) is 17.1 Å². The van der Waals surface area contributed by atoms with E-state index in [9.17, 15) is 4.79 Å². The number of carbonyl (C=O) groups is 1. The van der Waals surface area contributed by atoms with E-state index in [1.54, 1.807) is 0 Å². The highest BCUT2D eigenvalue weighted by Crippen LogP contribution is 2.23. The van der Waals surface area contributed by atoms with Crippen LogP contribution in [0.5, 0.6) is 0 Å². The molecule has 1 aliphatic carbocycles. The number of hydrogen-bond donors (Lipinski definition) is 3. The molecule has 0 radical (unpaired) electrons. The molecule has 21 heavy (non-hydrogen) atoms. The zero-order valence-electron chi connectivity index (χ0n) is 12.6. The minimum atomic E-state index is -0.0702. The van der Waals surface area contributed by atoms with Crippen molar-refractivity contribution < 1.29 is 4.79 Å². The van der Waals surface area contributed by atoms with E-state index in [-0.39, 0.29) is 5.91 Å². The Morgan fingerprint density at radius 2 is 1.67 bits per heavy atom. The molecule has 114 valence electrons. The van der Waals surface area contributed by atoms with Crippen molar-refractivity contribution in [3.05, 3.63) is 24.3 Å². The van der Waals surface area contributed by atoms with E-state index in [1.165, 1.54) is 32.6 Å². The third-order valence-electron chi connectivity index (χ3n) is 3.89. The minimum absolute atomic E-state index is 0.0702. The number of thiocarbonyl (C=S) groups is 1. The normalized spacial score (nSPS) is 21.4. The van der Waals surface area contributed by atoms with E-state index in [0.717, 1.165) is 11.4 Å². The molecule has 1 aromatic carbocycles. The molecular formula is C16H23N3OS.